The molecule has 2 fully saturated rings. The van der Waals surface area contributed by atoms with Gasteiger partial charge in [0.2, 0.25) is 0 Å². The van der Waals surface area contributed by atoms with Gasteiger partial charge in [0.15, 0.2) is 26.5 Å². The van der Waals surface area contributed by atoms with Gasteiger partial charge < -0.3 is 37.7 Å². The number of piperazine rings is 1. The number of aromatic nitrogens is 1. The van der Waals surface area contributed by atoms with E-state index in [2.05, 4.69) is 14.9 Å². The predicted octanol–water partition coefficient (Wildman–Crippen LogP) is 14.8. The number of carbonyl (C=O) groups is 1. The molecular weight excluding hydrogens is 1340 g/mol. The largest absolute Gasteiger partial charge is 0.501 e. The van der Waals surface area contributed by atoms with Crippen LogP contribution in [0.1, 0.15) is 51.3 Å². The van der Waals surface area contributed by atoms with Crippen LogP contribution in [0.5, 0.6) is 0 Å². The van der Waals surface area contributed by atoms with E-state index >= 15 is 4.39 Å². The number of hydrogen-bond acceptors (Lipinski definition) is 16. The van der Waals surface area contributed by atoms with Crippen LogP contribution in [0.25, 0.3) is 22.4 Å². The zero-order valence-corrected chi connectivity index (χ0v) is 60.3. The van der Waals surface area contributed by atoms with E-state index < -0.39 is 86.8 Å². The minimum Gasteiger partial charge on any atom is -0.465 e. The van der Waals surface area contributed by atoms with Crippen molar-refractivity contribution in [2.75, 3.05) is 90.4 Å². The van der Waals surface area contributed by atoms with Crippen LogP contribution < -0.4 is 19.8 Å². The Balaban J connectivity index is 0.924. The van der Waals surface area contributed by atoms with Crippen LogP contribution in [0, 0.1) is 18.7 Å². The summed E-state index contributed by atoms with van der Waals surface area (Å²) in [5.41, 5.74) is -2.32. The van der Waals surface area contributed by atoms with Crippen LogP contribution in [-0.4, -0.2) is 139 Å². The van der Waals surface area contributed by atoms with Crippen molar-refractivity contribution in [3.63, 3.8) is 0 Å². The second kappa shape index (κ2) is 29.4. The lowest BCUT2D eigenvalue weighted by Crippen LogP contribution is -2.46. The highest BCUT2D eigenvalue weighted by molar-refractivity contribution is 7.99. The van der Waals surface area contributed by atoms with Gasteiger partial charge in [-0.1, -0.05) is 41.9 Å². The van der Waals surface area contributed by atoms with Crippen molar-refractivity contribution in [1.29, 1.82) is 0 Å². The molecule has 0 radical (unpaired) electrons. The smallest absolute Gasteiger partial charge is 0.465 e. The Morgan fingerprint density at radius 3 is 1.93 bits per heavy atom. The first kappa shape index (κ1) is 72.6. The van der Waals surface area contributed by atoms with E-state index in [-0.39, 0.29) is 47.0 Å². The number of ether oxygens (including phenoxy) is 1. The minimum absolute atomic E-state index is 0.0496. The van der Waals surface area contributed by atoms with Crippen LogP contribution >= 0.6 is 31.0 Å². The zero-order valence-electron chi connectivity index (χ0n) is 53.4. The highest BCUT2D eigenvalue weighted by Gasteiger charge is 2.49. The summed E-state index contributed by atoms with van der Waals surface area (Å²) in [5, 5.41) is 3.54. The number of carbonyl (C=O) groups excluding carboxylic acids is 1. The molecule has 0 unspecified atom stereocenters. The highest BCUT2D eigenvalue weighted by Crippen LogP contribution is 2.53. The number of likely N-dealkylation sites (tertiary alicyclic amines) is 1. The third-order valence-corrected chi connectivity index (χ3v) is 28.5. The SMILES string of the molecule is Cc1c(S(C)(=O)=O)c(-c2cc(F)cc(N3CCN(c4ccc(NS(=O)(=O)c5ccc(N[C@H](CCN6CCC(C(=O)OCCCP(=O)(O[Si](C)(C)C)O[Si](C)(C)C)CC6)CSc6ccccc6)c(S(=O)(=O)C(F)(F)F)c5)cc4)CC3)c2)c(-c2ccc(Cl)cc2)n1C(C)C. The molecule has 8 rings (SSSR count). The van der Waals surface area contributed by atoms with Crippen LogP contribution in [0.4, 0.5) is 40.3 Å². The maximum Gasteiger partial charge on any atom is 0.501 e. The van der Waals surface area contributed by atoms with Crippen molar-refractivity contribution in [1.82, 2.24) is 9.47 Å². The van der Waals surface area contributed by atoms with Crippen molar-refractivity contribution in [3.8, 4) is 22.4 Å². The van der Waals surface area contributed by atoms with Gasteiger partial charge in [0.05, 0.1) is 39.9 Å². The van der Waals surface area contributed by atoms with E-state index in [1.807, 2.05) is 97.8 Å². The number of benzene rings is 5. The molecule has 502 valence electrons. The van der Waals surface area contributed by atoms with Gasteiger partial charge in [0.1, 0.15) is 10.7 Å². The molecule has 1 atom stereocenters. The first-order valence-electron chi connectivity index (χ1n) is 30.3. The molecule has 17 nitrogen and oxygen atoms in total. The number of thioether (sulfide) groups is 1. The lowest BCUT2D eigenvalue weighted by atomic mass is 9.96. The summed E-state index contributed by atoms with van der Waals surface area (Å²) in [6, 6.07) is 28.9. The van der Waals surface area contributed by atoms with Crippen molar-refractivity contribution in [3.05, 3.63) is 132 Å². The molecule has 0 saturated carbocycles. The number of sulfonamides is 1. The molecule has 0 amide bonds. The summed E-state index contributed by atoms with van der Waals surface area (Å²) in [4.78, 5) is 18.3. The number of esters is 1. The minimum atomic E-state index is -6.13. The molecule has 0 bridgehead atoms. The van der Waals surface area contributed by atoms with Gasteiger partial charge in [-0.25, -0.2) is 29.6 Å². The van der Waals surface area contributed by atoms with E-state index in [1.165, 1.54) is 36.0 Å². The van der Waals surface area contributed by atoms with Crippen LogP contribution in [0.3, 0.4) is 0 Å². The molecule has 3 heterocycles. The summed E-state index contributed by atoms with van der Waals surface area (Å²) in [6.45, 7) is 20.5. The van der Waals surface area contributed by atoms with Gasteiger partial charge in [0.25, 0.3) is 19.9 Å². The predicted molar refractivity (Wildman–Crippen MR) is 365 cm³/mol. The summed E-state index contributed by atoms with van der Waals surface area (Å²) in [7, 11) is -22.5. The third-order valence-electron chi connectivity index (χ3n) is 15.5. The van der Waals surface area contributed by atoms with Crippen LogP contribution in [-0.2, 0) is 52.2 Å². The van der Waals surface area contributed by atoms with E-state index in [1.54, 1.807) is 49.4 Å². The second-order valence-electron chi connectivity index (χ2n) is 25.4. The van der Waals surface area contributed by atoms with Gasteiger partial charge in [-0.05, 0) is 195 Å². The number of nitrogens with one attached hydrogen (secondary N) is 2. The maximum atomic E-state index is 15.9. The summed E-state index contributed by atoms with van der Waals surface area (Å²) in [6.07, 6.45) is 2.88. The molecular formula is C63H82ClF4N6O11PS4Si2. The molecule has 2 aliphatic heterocycles. The molecule has 2 N–H and O–H groups in total. The molecule has 5 aromatic carbocycles. The Bertz CT molecular complexity index is 3960. The zero-order chi connectivity index (χ0) is 67.4. The molecule has 1 aromatic heterocycles. The number of sulfone groups is 2. The Morgan fingerprint density at radius 1 is 0.772 bits per heavy atom. The summed E-state index contributed by atoms with van der Waals surface area (Å²) < 4.78 is 177. The average Bonchev–Trinajstić information content (AvgIpc) is 1.54. The molecule has 0 spiro atoms. The fourth-order valence-corrected chi connectivity index (χ4v) is 24.4. The first-order valence-corrected chi connectivity index (χ1v) is 45.1. The standard InChI is InChI=1S/C63H82ClF4N6O11PS4Si2/c1-44(2)74-45(3)61(88(4,77)78)59(60(74)46-17-19-49(64)20-18-46)48-39-50(65)41-54(40-48)73-35-33-72(34-36-73)53-23-21-51(22-24-53)70-90(81,82)56-25-26-57(58(42-56)89(79,80)63(66,67)68)69-52(43-87-55-15-12-11-13-16-55)29-32-71-30-27-47(28-31-71)62(75)83-37-14-38-86(76,84-91(5,6)7)85-92(8,9)10/h11-13,15-26,39-42,44,47,52,69-70H,14,27-38,43H2,1-10H3/t52-/m1/s1. The Hall–Kier alpha value is -5.20. The number of anilines is 4. The molecule has 0 aliphatic carbocycles. The van der Waals surface area contributed by atoms with Gasteiger partial charge in [0, 0.05) is 95.1 Å². The monoisotopic (exact) mass is 1420 g/mol. The lowest BCUT2D eigenvalue weighted by molar-refractivity contribution is -0.150. The number of nitrogens with zero attached hydrogens (tertiary/aromatic N) is 4. The molecule has 6 aromatic rings. The number of hydrogen-bond donors (Lipinski definition) is 2. The van der Waals surface area contributed by atoms with Crippen LogP contribution in [0.15, 0.2) is 135 Å². The third kappa shape index (κ3) is 18.8. The van der Waals surface area contributed by atoms with Crippen LogP contribution in [0.2, 0.25) is 44.3 Å². The van der Waals surface area contributed by atoms with Crippen molar-refractivity contribution in [2.24, 2.45) is 5.92 Å². The topological polar surface area (TPSA) is 203 Å². The van der Waals surface area contributed by atoms with Gasteiger partial charge in [-0.15, -0.1) is 11.8 Å². The van der Waals surface area contributed by atoms with E-state index in [4.69, 9.17) is 24.8 Å². The van der Waals surface area contributed by atoms with E-state index in [9.17, 15) is 47.8 Å². The Morgan fingerprint density at radius 2 is 1.37 bits per heavy atom. The van der Waals surface area contributed by atoms with Crippen molar-refractivity contribution >= 4 is 106 Å². The molecule has 2 aliphatic rings. The Labute approximate surface area is 550 Å². The Kier molecular flexibility index (Phi) is 23.2. The maximum absolute atomic E-state index is 15.9. The summed E-state index contributed by atoms with van der Waals surface area (Å²) in [5.74, 6) is -1.01. The van der Waals surface area contributed by atoms with Gasteiger partial charge >= 0.3 is 19.1 Å². The van der Waals surface area contributed by atoms with Crippen molar-refractivity contribution in [2.45, 2.75) is 123 Å². The molecule has 92 heavy (non-hydrogen) atoms. The quantitative estimate of drug-likeness (QED) is 0.0123. The highest BCUT2D eigenvalue weighted by atomic mass is 35.5. The number of piperidine rings is 1. The molecule has 2 saturated heterocycles. The van der Waals surface area contributed by atoms with Gasteiger partial charge in [-0.3, -0.25) is 14.1 Å². The normalized spacial score (nSPS) is 15.7. The summed E-state index contributed by atoms with van der Waals surface area (Å²) >= 11 is 7.67. The molecule has 29 heteroatoms. The number of halogens is 5. The fraction of sp³-hybridized carbons (Fsp3) is 0.444. The van der Waals surface area contributed by atoms with Gasteiger partial charge in [-0.2, -0.15) is 13.2 Å². The lowest BCUT2D eigenvalue weighted by Gasteiger charge is -2.37. The second-order valence-corrected chi connectivity index (χ2v) is 44.1. The fourth-order valence-electron chi connectivity index (χ4n) is 11.5. The number of alkyl halides is 3. The van der Waals surface area contributed by atoms with E-state index in [0.29, 0.717) is 122 Å². The average molecular weight is 1430 g/mol. The number of rotatable bonds is 27. The first-order chi connectivity index (χ1) is 42.9. The van der Waals surface area contributed by atoms with Crippen molar-refractivity contribution < 1.29 is 65.3 Å². The van der Waals surface area contributed by atoms with E-state index in [0.717, 1.165) is 23.3 Å².